The molecular weight excluding hydrogens is 247 g/mol. The van der Waals surface area contributed by atoms with E-state index in [1.165, 1.54) is 0 Å². The second-order valence-electron chi connectivity index (χ2n) is 3.19. The zero-order valence-electron chi connectivity index (χ0n) is 8.43. The van der Waals surface area contributed by atoms with Crippen LogP contribution >= 0.6 is 0 Å². The van der Waals surface area contributed by atoms with E-state index in [9.17, 15) is 22.0 Å². The molecule has 0 aromatic carbocycles. The molecular formula is C9H9F5N2O. The number of nitrogens with two attached hydrogens (primary N) is 1. The van der Waals surface area contributed by atoms with Crippen LogP contribution in [0.25, 0.3) is 0 Å². The summed E-state index contributed by atoms with van der Waals surface area (Å²) >= 11 is 0. The first-order valence-corrected chi connectivity index (χ1v) is 4.50. The minimum absolute atomic E-state index is 0.468. The van der Waals surface area contributed by atoms with Gasteiger partial charge in [0, 0.05) is 12.1 Å². The molecule has 1 rings (SSSR count). The fourth-order valence-corrected chi connectivity index (χ4v) is 1.38. The van der Waals surface area contributed by atoms with E-state index >= 15 is 0 Å². The van der Waals surface area contributed by atoms with Crippen LogP contribution in [0.5, 0.6) is 0 Å². The Balaban J connectivity index is 3.51. The van der Waals surface area contributed by atoms with Gasteiger partial charge in [0.25, 0.3) is 6.43 Å². The molecule has 96 valence electrons. The highest BCUT2D eigenvalue weighted by molar-refractivity contribution is 5.35. The fraction of sp³-hybridized carbons (Fsp3) is 0.444. The Kier molecular flexibility index (Phi) is 3.99. The minimum Gasteiger partial charge on any atom is -0.390 e. The third-order valence-electron chi connectivity index (χ3n) is 2.09. The van der Waals surface area contributed by atoms with Gasteiger partial charge in [0.2, 0.25) is 0 Å². The molecule has 0 radical (unpaired) electrons. The first-order valence-electron chi connectivity index (χ1n) is 4.50. The Bertz CT molecular complexity index is 405. The van der Waals surface area contributed by atoms with Gasteiger partial charge >= 0.3 is 6.18 Å². The highest BCUT2D eigenvalue weighted by atomic mass is 19.4. The summed E-state index contributed by atoms with van der Waals surface area (Å²) in [6, 6.07) is 0.522. The zero-order chi connectivity index (χ0) is 13.2. The number of halogens is 5. The standard InChI is InChI=1S/C9H9F5N2O/c10-8(11)7-5(2-15)6(9(12,13)14)1-4(3-17)16-7/h1,8,17H,2-3,15H2. The van der Waals surface area contributed by atoms with Gasteiger partial charge in [-0.25, -0.2) is 13.8 Å². The number of hydrogen-bond donors (Lipinski definition) is 2. The van der Waals surface area contributed by atoms with Crippen LogP contribution in [-0.2, 0) is 19.3 Å². The van der Waals surface area contributed by atoms with Gasteiger partial charge in [-0.2, -0.15) is 13.2 Å². The van der Waals surface area contributed by atoms with Crippen LogP contribution in [0.3, 0.4) is 0 Å². The first kappa shape index (κ1) is 13.8. The molecule has 8 heteroatoms. The Morgan fingerprint density at radius 2 is 1.94 bits per heavy atom. The number of alkyl halides is 5. The molecule has 3 N–H and O–H groups in total. The van der Waals surface area contributed by atoms with Crippen molar-refractivity contribution < 1.29 is 27.1 Å². The highest BCUT2D eigenvalue weighted by Gasteiger charge is 2.36. The van der Waals surface area contributed by atoms with Crippen LogP contribution in [0.2, 0.25) is 0 Å². The van der Waals surface area contributed by atoms with Crippen LogP contribution < -0.4 is 5.73 Å². The molecule has 0 unspecified atom stereocenters. The van der Waals surface area contributed by atoms with Crippen LogP contribution in [0, 0.1) is 0 Å². The van der Waals surface area contributed by atoms with E-state index in [0.717, 1.165) is 0 Å². The summed E-state index contributed by atoms with van der Waals surface area (Å²) in [5, 5.41) is 8.69. The molecule has 3 nitrogen and oxygen atoms in total. The summed E-state index contributed by atoms with van der Waals surface area (Å²) < 4.78 is 62.8. The van der Waals surface area contributed by atoms with Gasteiger partial charge in [-0.3, -0.25) is 0 Å². The maximum Gasteiger partial charge on any atom is 0.416 e. The van der Waals surface area contributed by atoms with Crippen LogP contribution in [0.15, 0.2) is 6.07 Å². The molecule has 0 aliphatic rings. The highest BCUT2D eigenvalue weighted by Crippen LogP contribution is 2.35. The number of aromatic nitrogens is 1. The van der Waals surface area contributed by atoms with Crippen LogP contribution in [0.4, 0.5) is 22.0 Å². The van der Waals surface area contributed by atoms with Crippen LogP contribution in [0.1, 0.15) is 28.9 Å². The van der Waals surface area contributed by atoms with Crippen molar-refractivity contribution in [1.82, 2.24) is 4.98 Å². The molecule has 1 heterocycles. The van der Waals surface area contributed by atoms with Crippen molar-refractivity contribution in [2.24, 2.45) is 5.73 Å². The Labute approximate surface area is 93.1 Å². The Morgan fingerprint density at radius 1 is 1.35 bits per heavy atom. The molecule has 0 bridgehead atoms. The van der Waals surface area contributed by atoms with Crippen LogP contribution in [-0.4, -0.2) is 10.1 Å². The van der Waals surface area contributed by atoms with E-state index in [1.54, 1.807) is 0 Å². The minimum atomic E-state index is -4.81. The fourth-order valence-electron chi connectivity index (χ4n) is 1.38. The van der Waals surface area contributed by atoms with Gasteiger partial charge in [-0.05, 0) is 6.07 Å². The number of rotatable bonds is 3. The summed E-state index contributed by atoms with van der Waals surface area (Å²) in [5.74, 6) is 0. The lowest BCUT2D eigenvalue weighted by Crippen LogP contribution is -2.17. The summed E-state index contributed by atoms with van der Waals surface area (Å²) in [6.07, 6.45) is -7.99. The molecule has 0 saturated heterocycles. The average Bonchev–Trinajstić information content (AvgIpc) is 2.25. The van der Waals surface area contributed by atoms with Gasteiger partial charge in [-0.15, -0.1) is 0 Å². The molecule has 1 aromatic rings. The maximum absolute atomic E-state index is 12.6. The maximum atomic E-state index is 12.6. The van der Waals surface area contributed by atoms with Crippen molar-refractivity contribution in [2.45, 2.75) is 25.8 Å². The molecule has 0 aliphatic carbocycles. The molecule has 0 spiro atoms. The normalized spacial score (nSPS) is 12.2. The third-order valence-corrected chi connectivity index (χ3v) is 2.09. The SMILES string of the molecule is NCc1c(C(F)(F)F)cc(CO)nc1C(F)F. The molecule has 0 fully saturated rings. The predicted octanol–water partition coefficient (Wildman–Crippen LogP) is 1.99. The molecule has 0 atom stereocenters. The summed E-state index contributed by atoms with van der Waals surface area (Å²) in [6.45, 7) is -1.55. The van der Waals surface area contributed by atoms with Gasteiger partial charge in [0.1, 0.15) is 5.69 Å². The Morgan fingerprint density at radius 3 is 2.29 bits per heavy atom. The van der Waals surface area contributed by atoms with Gasteiger partial charge in [-0.1, -0.05) is 0 Å². The summed E-state index contributed by atoms with van der Waals surface area (Å²) in [4.78, 5) is 3.26. The molecule has 17 heavy (non-hydrogen) atoms. The van der Waals surface area contributed by atoms with Gasteiger partial charge in [0.15, 0.2) is 0 Å². The average molecular weight is 256 g/mol. The number of nitrogens with zero attached hydrogens (tertiary/aromatic N) is 1. The zero-order valence-corrected chi connectivity index (χ0v) is 8.43. The second kappa shape index (κ2) is 4.92. The van der Waals surface area contributed by atoms with Crippen molar-refractivity contribution >= 4 is 0 Å². The number of aliphatic hydroxyl groups is 1. The topological polar surface area (TPSA) is 59.1 Å². The number of hydrogen-bond acceptors (Lipinski definition) is 3. The lowest BCUT2D eigenvalue weighted by atomic mass is 10.0. The lowest BCUT2D eigenvalue weighted by Gasteiger charge is -2.16. The molecule has 0 saturated carbocycles. The van der Waals surface area contributed by atoms with Crippen molar-refractivity contribution in [1.29, 1.82) is 0 Å². The number of aliphatic hydroxyl groups excluding tert-OH is 1. The molecule has 1 aromatic heterocycles. The van der Waals surface area contributed by atoms with Gasteiger partial charge in [0.05, 0.1) is 17.9 Å². The van der Waals surface area contributed by atoms with E-state index < -0.39 is 48.3 Å². The molecule has 0 amide bonds. The second-order valence-corrected chi connectivity index (χ2v) is 3.19. The van der Waals surface area contributed by atoms with Crippen molar-refractivity contribution in [3.05, 3.63) is 28.6 Å². The van der Waals surface area contributed by atoms with Crippen molar-refractivity contribution in [2.75, 3.05) is 0 Å². The molecule has 0 aliphatic heterocycles. The Hall–Kier alpha value is -1.28. The number of pyridine rings is 1. The van der Waals surface area contributed by atoms with E-state index in [-0.39, 0.29) is 0 Å². The summed E-state index contributed by atoms with van der Waals surface area (Å²) in [5.41, 5.74) is 1.51. The predicted molar refractivity (Wildman–Crippen MR) is 48.0 cm³/mol. The van der Waals surface area contributed by atoms with Gasteiger partial charge < -0.3 is 10.8 Å². The van der Waals surface area contributed by atoms with E-state index in [0.29, 0.717) is 6.07 Å². The van der Waals surface area contributed by atoms with E-state index in [1.807, 2.05) is 0 Å². The van der Waals surface area contributed by atoms with E-state index in [2.05, 4.69) is 4.98 Å². The monoisotopic (exact) mass is 256 g/mol. The quantitative estimate of drug-likeness (QED) is 0.813. The largest absolute Gasteiger partial charge is 0.416 e. The lowest BCUT2D eigenvalue weighted by molar-refractivity contribution is -0.138. The first-order chi connectivity index (χ1) is 7.81. The van der Waals surface area contributed by atoms with E-state index in [4.69, 9.17) is 10.8 Å². The van der Waals surface area contributed by atoms with Crippen molar-refractivity contribution in [3.63, 3.8) is 0 Å². The van der Waals surface area contributed by atoms with Crippen molar-refractivity contribution in [3.8, 4) is 0 Å². The summed E-state index contributed by atoms with van der Waals surface area (Å²) in [7, 11) is 0. The third kappa shape index (κ3) is 2.89. The smallest absolute Gasteiger partial charge is 0.390 e.